The highest BCUT2D eigenvalue weighted by Crippen LogP contribution is 2.17. The van der Waals surface area contributed by atoms with Crippen molar-refractivity contribution in [3.63, 3.8) is 0 Å². The van der Waals surface area contributed by atoms with Gasteiger partial charge in [-0.3, -0.25) is 5.41 Å². The Labute approximate surface area is 105 Å². The summed E-state index contributed by atoms with van der Waals surface area (Å²) in [5.41, 5.74) is 5.90. The van der Waals surface area contributed by atoms with Gasteiger partial charge in [-0.15, -0.1) is 0 Å². The maximum absolute atomic E-state index is 13.5. The zero-order valence-corrected chi connectivity index (χ0v) is 10.3. The quantitative estimate of drug-likeness (QED) is 0.502. The van der Waals surface area contributed by atoms with Crippen LogP contribution in [0.25, 0.3) is 5.69 Å². The molecule has 0 aliphatic rings. The lowest BCUT2D eigenvalue weighted by atomic mass is 10.1. The van der Waals surface area contributed by atoms with Gasteiger partial charge < -0.3 is 5.73 Å². The Kier molecular flexibility index (Phi) is 2.90. The summed E-state index contributed by atoms with van der Waals surface area (Å²) in [5, 5.41) is 11.4. The van der Waals surface area contributed by atoms with Gasteiger partial charge in [-0.2, -0.15) is 5.10 Å². The van der Waals surface area contributed by atoms with Crippen molar-refractivity contribution in [2.75, 3.05) is 0 Å². The van der Waals surface area contributed by atoms with E-state index in [2.05, 4.69) is 27.7 Å². The topological polar surface area (TPSA) is 67.7 Å². The average molecular weight is 330 g/mol. The molecule has 0 atom stereocenters. The van der Waals surface area contributed by atoms with Crippen molar-refractivity contribution >= 4 is 28.4 Å². The molecule has 6 heteroatoms. The molecule has 1 aromatic heterocycles. The molecule has 82 valence electrons. The minimum atomic E-state index is -0.518. The minimum Gasteiger partial charge on any atom is -0.384 e. The van der Waals surface area contributed by atoms with E-state index < -0.39 is 5.82 Å². The second-order valence-electron chi connectivity index (χ2n) is 3.15. The number of nitrogens with one attached hydrogen (secondary N) is 1. The predicted octanol–water partition coefficient (Wildman–Crippen LogP) is 1.90. The first-order chi connectivity index (χ1) is 7.59. The lowest BCUT2D eigenvalue weighted by molar-refractivity contribution is 0.622. The lowest BCUT2D eigenvalue weighted by Crippen LogP contribution is -2.17. The molecule has 0 fully saturated rings. The van der Waals surface area contributed by atoms with Gasteiger partial charge in [0.1, 0.15) is 11.7 Å². The lowest BCUT2D eigenvalue weighted by Gasteiger charge is -2.08. The first-order valence-electron chi connectivity index (χ1n) is 4.43. The number of nitrogens with two attached hydrogens (primary N) is 1. The summed E-state index contributed by atoms with van der Waals surface area (Å²) in [6, 6.07) is 4.50. The van der Waals surface area contributed by atoms with Crippen molar-refractivity contribution in [2.24, 2.45) is 5.73 Å². The molecule has 16 heavy (non-hydrogen) atoms. The molecule has 0 bridgehead atoms. The zero-order chi connectivity index (χ0) is 11.7. The number of aromatic nitrogens is 2. The summed E-state index contributed by atoms with van der Waals surface area (Å²) >= 11 is 2.10. The Morgan fingerprint density at radius 1 is 1.50 bits per heavy atom. The molecule has 1 heterocycles. The van der Waals surface area contributed by atoms with Crippen LogP contribution in [0.15, 0.2) is 30.6 Å². The van der Waals surface area contributed by atoms with Gasteiger partial charge in [-0.05, 0) is 34.7 Å². The second-order valence-corrected chi connectivity index (χ2v) is 4.40. The highest BCUT2D eigenvalue weighted by atomic mass is 127. The number of nitrogen functional groups attached to an aromatic ring is 1. The van der Waals surface area contributed by atoms with Crippen molar-refractivity contribution in [3.8, 4) is 5.69 Å². The van der Waals surface area contributed by atoms with Crippen LogP contribution in [-0.4, -0.2) is 15.6 Å². The molecule has 0 unspecified atom stereocenters. The average Bonchev–Trinajstić information content (AvgIpc) is 2.63. The molecule has 0 aliphatic heterocycles. The Hall–Kier alpha value is -1.44. The molecular formula is C10H8FIN4. The standard InChI is InChI=1S/C10H8FIN4/c11-7-2-1-3-8(9(7)10(13)14)16-5-6(12)4-15-16/h1-5H,(H3,13,14). The van der Waals surface area contributed by atoms with Gasteiger partial charge in [0.2, 0.25) is 0 Å². The van der Waals surface area contributed by atoms with E-state index in [4.69, 9.17) is 11.1 Å². The van der Waals surface area contributed by atoms with E-state index in [1.807, 2.05) is 0 Å². The fraction of sp³-hybridized carbons (Fsp3) is 0. The molecule has 0 aliphatic carbocycles. The predicted molar refractivity (Wildman–Crippen MR) is 67.3 cm³/mol. The van der Waals surface area contributed by atoms with Crippen molar-refractivity contribution < 1.29 is 4.39 Å². The van der Waals surface area contributed by atoms with E-state index in [-0.39, 0.29) is 11.4 Å². The van der Waals surface area contributed by atoms with E-state index in [1.54, 1.807) is 24.5 Å². The summed E-state index contributed by atoms with van der Waals surface area (Å²) in [4.78, 5) is 0. The van der Waals surface area contributed by atoms with Crippen LogP contribution < -0.4 is 5.73 Å². The molecular weight excluding hydrogens is 322 g/mol. The van der Waals surface area contributed by atoms with Crippen molar-refractivity contribution in [1.82, 2.24) is 9.78 Å². The van der Waals surface area contributed by atoms with Crippen LogP contribution in [0.5, 0.6) is 0 Å². The van der Waals surface area contributed by atoms with Crippen LogP contribution in [0.3, 0.4) is 0 Å². The van der Waals surface area contributed by atoms with Gasteiger partial charge in [0, 0.05) is 6.20 Å². The van der Waals surface area contributed by atoms with Crippen LogP contribution >= 0.6 is 22.6 Å². The van der Waals surface area contributed by atoms with Gasteiger partial charge in [-0.25, -0.2) is 9.07 Å². The molecule has 0 radical (unpaired) electrons. The van der Waals surface area contributed by atoms with E-state index in [1.165, 1.54) is 10.7 Å². The Morgan fingerprint density at radius 2 is 2.25 bits per heavy atom. The Morgan fingerprint density at radius 3 is 2.81 bits per heavy atom. The fourth-order valence-electron chi connectivity index (χ4n) is 1.40. The molecule has 0 amide bonds. The molecule has 1 aromatic carbocycles. The second kappa shape index (κ2) is 4.20. The van der Waals surface area contributed by atoms with Crippen LogP contribution in [0.1, 0.15) is 5.56 Å². The van der Waals surface area contributed by atoms with Crippen molar-refractivity contribution in [3.05, 3.63) is 45.5 Å². The highest BCUT2D eigenvalue weighted by molar-refractivity contribution is 14.1. The van der Waals surface area contributed by atoms with Crippen LogP contribution in [0, 0.1) is 14.8 Å². The minimum absolute atomic E-state index is 0.0713. The molecule has 2 rings (SSSR count). The number of halogens is 2. The van der Waals surface area contributed by atoms with E-state index >= 15 is 0 Å². The molecule has 0 saturated carbocycles. The third-order valence-corrected chi connectivity index (χ3v) is 2.62. The molecule has 4 nitrogen and oxygen atoms in total. The van der Waals surface area contributed by atoms with Crippen molar-refractivity contribution in [1.29, 1.82) is 5.41 Å². The number of hydrogen-bond acceptors (Lipinski definition) is 2. The Bertz CT molecular complexity index is 550. The van der Waals surface area contributed by atoms with Gasteiger partial charge >= 0.3 is 0 Å². The molecule has 0 saturated heterocycles. The number of nitrogens with zero attached hydrogens (tertiary/aromatic N) is 2. The summed E-state index contributed by atoms with van der Waals surface area (Å²) in [5.74, 6) is -0.825. The van der Waals surface area contributed by atoms with Gasteiger partial charge in [0.05, 0.1) is 21.0 Å². The van der Waals surface area contributed by atoms with Gasteiger partial charge in [-0.1, -0.05) is 6.07 Å². The monoisotopic (exact) mass is 330 g/mol. The largest absolute Gasteiger partial charge is 0.384 e. The van der Waals surface area contributed by atoms with Crippen LogP contribution in [-0.2, 0) is 0 Å². The first kappa shape index (κ1) is 11.1. The molecule has 0 spiro atoms. The number of amidine groups is 1. The first-order valence-corrected chi connectivity index (χ1v) is 5.51. The van der Waals surface area contributed by atoms with Crippen LogP contribution in [0.4, 0.5) is 4.39 Å². The number of rotatable bonds is 2. The van der Waals surface area contributed by atoms with Crippen molar-refractivity contribution in [2.45, 2.75) is 0 Å². The summed E-state index contributed by atoms with van der Waals surface area (Å²) in [6.07, 6.45) is 3.39. The van der Waals surface area contributed by atoms with E-state index in [0.29, 0.717) is 5.69 Å². The highest BCUT2D eigenvalue weighted by Gasteiger charge is 2.13. The molecule has 2 aromatic rings. The summed E-state index contributed by atoms with van der Waals surface area (Å²) < 4.78 is 16.0. The third-order valence-electron chi connectivity index (χ3n) is 2.06. The normalized spacial score (nSPS) is 10.4. The van der Waals surface area contributed by atoms with Gasteiger partial charge in [0.25, 0.3) is 0 Å². The van der Waals surface area contributed by atoms with Gasteiger partial charge in [0.15, 0.2) is 0 Å². The van der Waals surface area contributed by atoms with E-state index in [9.17, 15) is 4.39 Å². The number of hydrogen-bond donors (Lipinski definition) is 2. The SMILES string of the molecule is N=C(N)c1c(F)cccc1-n1cc(I)cn1. The Balaban J connectivity index is 2.65. The summed E-state index contributed by atoms with van der Waals surface area (Å²) in [7, 11) is 0. The molecule has 3 N–H and O–H groups in total. The zero-order valence-electron chi connectivity index (χ0n) is 8.11. The fourth-order valence-corrected chi connectivity index (χ4v) is 1.79. The van der Waals surface area contributed by atoms with E-state index in [0.717, 1.165) is 3.57 Å². The maximum Gasteiger partial charge on any atom is 0.136 e. The van der Waals surface area contributed by atoms with Crippen LogP contribution in [0.2, 0.25) is 0 Å². The maximum atomic E-state index is 13.5. The smallest absolute Gasteiger partial charge is 0.136 e. The third kappa shape index (κ3) is 1.92. The summed E-state index contributed by atoms with van der Waals surface area (Å²) in [6.45, 7) is 0. The number of benzene rings is 1.